The fourth-order valence-corrected chi connectivity index (χ4v) is 2.76. The molecule has 8 heteroatoms. The highest BCUT2D eigenvalue weighted by Crippen LogP contribution is 2.24. The maximum absolute atomic E-state index is 13.7. The standard InChI is InChI=1S/C15H14F2N2O3S/c1-15(22,10-3-2-9(16)5-11(10)17)7-19-14(21)12-4-8(6-23-12)13(18)20/h2-6,22H,7H2,1H3,(H2,18,20)(H,19,21). The van der Waals surface area contributed by atoms with Crippen molar-refractivity contribution in [3.05, 3.63) is 57.3 Å². The number of primary amides is 1. The van der Waals surface area contributed by atoms with Gasteiger partial charge in [0.15, 0.2) is 0 Å². The van der Waals surface area contributed by atoms with Crippen LogP contribution in [0.3, 0.4) is 0 Å². The van der Waals surface area contributed by atoms with Gasteiger partial charge in [-0.25, -0.2) is 8.78 Å². The number of thiophene rings is 1. The van der Waals surface area contributed by atoms with Crippen molar-refractivity contribution in [2.45, 2.75) is 12.5 Å². The van der Waals surface area contributed by atoms with Gasteiger partial charge < -0.3 is 16.2 Å². The highest BCUT2D eigenvalue weighted by Gasteiger charge is 2.28. The highest BCUT2D eigenvalue weighted by atomic mass is 32.1. The molecule has 122 valence electrons. The van der Waals surface area contributed by atoms with E-state index in [4.69, 9.17) is 5.73 Å². The van der Waals surface area contributed by atoms with E-state index in [0.29, 0.717) is 6.07 Å². The first-order valence-electron chi connectivity index (χ1n) is 6.55. The van der Waals surface area contributed by atoms with Gasteiger partial charge in [-0.05, 0) is 19.1 Å². The van der Waals surface area contributed by atoms with Gasteiger partial charge in [-0.3, -0.25) is 9.59 Å². The molecule has 1 unspecified atom stereocenters. The summed E-state index contributed by atoms with van der Waals surface area (Å²) >= 11 is 1.02. The van der Waals surface area contributed by atoms with Crippen LogP contribution in [0.4, 0.5) is 8.78 Å². The average Bonchev–Trinajstić information content (AvgIpc) is 2.94. The Morgan fingerprint density at radius 2 is 2.04 bits per heavy atom. The lowest BCUT2D eigenvalue weighted by Gasteiger charge is -2.24. The number of aliphatic hydroxyl groups is 1. The summed E-state index contributed by atoms with van der Waals surface area (Å²) in [6.07, 6.45) is 0. The SMILES string of the molecule is CC(O)(CNC(=O)c1cc(C(N)=O)cs1)c1ccc(F)cc1F. The molecule has 0 fully saturated rings. The van der Waals surface area contributed by atoms with E-state index in [1.807, 2.05) is 0 Å². The summed E-state index contributed by atoms with van der Waals surface area (Å²) in [6.45, 7) is 1.01. The van der Waals surface area contributed by atoms with Gasteiger partial charge in [-0.15, -0.1) is 11.3 Å². The van der Waals surface area contributed by atoms with E-state index in [2.05, 4.69) is 5.32 Å². The van der Waals surface area contributed by atoms with E-state index in [0.717, 1.165) is 23.5 Å². The summed E-state index contributed by atoms with van der Waals surface area (Å²) in [5.41, 5.74) is 3.44. The Kier molecular flexibility index (Phi) is 4.76. The number of hydrogen-bond donors (Lipinski definition) is 3. The number of carbonyl (C=O) groups excluding carboxylic acids is 2. The minimum Gasteiger partial charge on any atom is -0.383 e. The van der Waals surface area contributed by atoms with Gasteiger partial charge in [0, 0.05) is 17.0 Å². The third kappa shape index (κ3) is 3.91. The first-order valence-corrected chi connectivity index (χ1v) is 7.43. The third-order valence-electron chi connectivity index (χ3n) is 3.21. The van der Waals surface area contributed by atoms with E-state index in [1.54, 1.807) is 0 Å². The van der Waals surface area contributed by atoms with Crippen LogP contribution < -0.4 is 11.1 Å². The van der Waals surface area contributed by atoms with E-state index >= 15 is 0 Å². The Morgan fingerprint density at radius 3 is 2.61 bits per heavy atom. The molecule has 0 aliphatic carbocycles. The Labute approximate surface area is 134 Å². The molecule has 0 aliphatic rings. The Balaban J connectivity index is 2.08. The molecule has 1 atom stereocenters. The van der Waals surface area contributed by atoms with Crippen molar-refractivity contribution in [3.63, 3.8) is 0 Å². The summed E-state index contributed by atoms with van der Waals surface area (Å²) in [6, 6.07) is 4.12. The molecule has 23 heavy (non-hydrogen) atoms. The van der Waals surface area contributed by atoms with Crippen LogP contribution in [0.2, 0.25) is 0 Å². The molecule has 0 saturated heterocycles. The van der Waals surface area contributed by atoms with Crippen molar-refractivity contribution >= 4 is 23.2 Å². The van der Waals surface area contributed by atoms with Crippen LogP contribution in [0.5, 0.6) is 0 Å². The molecule has 0 radical (unpaired) electrons. The van der Waals surface area contributed by atoms with Crippen molar-refractivity contribution in [3.8, 4) is 0 Å². The van der Waals surface area contributed by atoms with Gasteiger partial charge in [0.1, 0.15) is 17.2 Å². The van der Waals surface area contributed by atoms with Crippen LogP contribution in [0.15, 0.2) is 29.6 Å². The smallest absolute Gasteiger partial charge is 0.261 e. The van der Waals surface area contributed by atoms with Gasteiger partial charge in [-0.2, -0.15) is 0 Å². The lowest BCUT2D eigenvalue weighted by Crippen LogP contribution is -2.39. The van der Waals surface area contributed by atoms with E-state index < -0.39 is 29.0 Å². The summed E-state index contributed by atoms with van der Waals surface area (Å²) < 4.78 is 26.6. The molecule has 0 spiro atoms. The number of amides is 2. The largest absolute Gasteiger partial charge is 0.383 e. The quantitative estimate of drug-likeness (QED) is 0.774. The van der Waals surface area contributed by atoms with Crippen molar-refractivity contribution in [1.82, 2.24) is 5.32 Å². The molecule has 4 N–H and O–H groups in total. The molecular formula is C15H14F2N2O3S. The van der Waals surface area contributed by atoms with E-state index in [-0.39, 0.29) is 22.5 Å². The van der Waals surface area contributed by atoms with Gasteiger partial charge in [-0.1, -0.05) is 6.07 Å². The average molecular weight is 340 g/mol. The monoisotopic (exact) mass is 340 g/mol. The van der Waals surface area contributed by atoms with Crippen LogP contribution in [-0.2, 0) is 5.60 Å². The lowest BCUT2D eigenvalue weighted by molar-refractivity contribution is 0.0495. The zero-order valence-corrected chi connectivity index (χ0v) is 12.9. The predicted octanol–water partition coefficient (Wildman–Crippen LogP) is 1.76. The zero-order chi connectivity index (χ0) is 17.2. The van der Waals surface area contributed by atoms with Crippen LogP contribution in [0.1, 0.15) is 32.5 Å². The molecule has 0 bridgehead atoms. The number of halogens is 2. The van der Waals surface area contributed by atoms with Crippen LogP contribution in [0, 0.1) is 11.6 Å². The second kappa shape index (κ2) is 6.43. The van der Waals surface area contributed by atoms with Gasteiger partial charge in [0.05, 0.1) is 17.0 Å². The topological polar surface area (TPSA) is 92.4 Å². The van der Waals surface area contributed by atoms with Crippen LogP contribution in [0.25, 0.3) is 0 Å². The molecule has 5 nitrogen and oxygen atoms in total. The van der Waals surface area contributed by atoms with Crippen molar-refractivity contribution in [2.24, 2.45) is 5.73 Å². The number of rotatable bonds is 5. The maximum atomic E-state index is 13.7. The summed E-state index contributed by atoms with van der Waals surface area (Å²) in [7, 11) is 0. The maximum Gasteiger partial charge on any atom is 0.261 e. The van der Waals surface area contributed by atoms with Gasteiger partial charge in [0.2, 0.25) is 5.91 Å². The summed E-state index contributed by atoms with van der Waals surface area (Å²) in [5.74, 6) is -2.86. The first-order chi connectivity index (χ1) is 10.7. The molecule has 0 saturated carbocycles. The van der Waals surface area contributed by atoms with E-state index in [9.17, 15) is 23.5 Å². The molecule has 1 heterocycles. The van der Waals surface area contributed by atoms with Crippen LogP contribution >= 0.6 is 11.3 Å². The summed E-state index contributed by atoms with van der Waals surface area (Å²) in [4.78, 5) is 23.2. The molecular weight excluding hydrogens is 326 g/mol. The predicted molar refractivity (Wildman–Crippen MR) is 81.1 cm³/mol. The van der Waals surface area contributed by atoms with Crippen molar-refractivity contribution in [1.29, 1.82) is 0 Å². The van der Waals surface area contributed by atoms with Crippen molar-refractivity contribution in [2.75, 3.05) is 6.54 Å². The second-order valence-electron chi connectivity index (χ2n) is 5.14. The molecule has 2 amide bonds. The number of carbonyl (C=O) groups is 2. The Morgan fingerprint density at radius 1 is 1.35 bits per heavy atom. The number of nitrogens with two attached hydrogens (primary N) is 1. The summed E-state index contributed by atoms with van der Waals surface area (Å²) in [5, 5.41) is 14.2. The minimum absolute atomic E-state index is 0.136. The van der Waals surface area contributed by atoms with Crippen molar-refractivity contribution < 1.29 is 23.5 Å². The molecule has 0 aliphatic heterocycles. The highest BCUT2D eigenvalue weighted by molar-refractivity contribution is 7.12. The normalized spacial score (nSPS) is 13.4. The molecule has 1 aromatic heterocycles. The fourth-order valence-electron chi connectivity index (χ4n) is 1.95. The van der Waals surface area contributed by atoms with E-state index in [1.165, 1.54) is 18.4 Å². The Bertz CT molecular complexity index is 759. The lowest BCUT2D eigenvalue weighted by atomic mass is 9.95. The Hall–Kier alpha value is -2.32. The molecule has 2 aromatic rings. The number of nitrogens with one attached hydrogen (secondary N) is 1. The van der Waals surface area contributed by atoms with Gasteiger partial charge >= 0.3 is 0 Å². The molecule has 2 rings (SSSR count). The molecule has 1 aromatic carbocycles. The zero-order valence-electron chi connectivity index (χ0n) is 12.1. The van der Waals surface area contributed by atoms with Crippen LogP contribution in [-0.4, -0.2) is 23.5 Å². The number of hydrogen-bond acceptors (Lipinski definition) is 4. The fraction of sp³-hybridized carbons (Fsp3) is 0.200. The second-order valence-corrected chi connectivity index (χ2v) is 6.06. The third-order valence-corrected chi connectivity index (χ3v) is 4.14. The van der Waals surface area contributed by atoms with Gasteiger partial charge in [0.25, 0.3) is 5.91 Å². The number of benzene rings is 1. The first kappa shape index (κ1) is 17.0. The minimum atomic E-state index is -1.72.